The molecule has 22 heavy (non-hydrogen) atoms. The van der Waals surface area contributed by atoms with Crippen LogP contribution in [0.25, 0.3) is 0 Å². The molecule has 0 saturated heterocycles. The molecule has 0 bridgehead atoms. The monoisotopic (exact) mass is 297 g/mol. The van der Waals surface area contributed by atoms with E-state index in [1.165, 1.54) is 5.56 Å². The third-order valence-corrected chi connectivity index (χ3v) is 3.50. The van der Waals surface area contributed by atoms with E-state index in [0.29, 0.717) is 17.8 Å². The summed E-state index contributed by atoms with van der Waals surface area (Å²) in [5.41, 5.74) is 4.11. The molecule has 5 heteroatoms. The average Bonchev–Trinajstić information content (AvgIpc) is 2.75. The van der Waals surface area contributed by atoms with Gasteiger partial charge >= 0.3 is 5.97 Å². The predicted molar refractivity (Wildman–Crippen MR) is 82.5 cm³/mol. The maximum atomic E-state index is 12.1. The summed E-state index contributed by atoms with van der Waals surface area (Å²) in [6.45, 7) is 7.78. The van der Waals surface area contributed by atoms with Crippen LogP contribution in [0.2, 0.25) is 0 Å². The first-order valence-corrected chi connectivity index (χ1v) is 7.12. The molecule has 0 aliphatic rings. The van der Waals surface area contributed by atoms with Crippen molar-refractivity contribution >= 4 is 5.97 Å². The maximum absolute atomic E-state index is 12.1. The zero-order valence-corrected chi connectivity index (χ0v) is 13.3. The smallest absolute Gasteiger partial charge is 0.343 e. The van der Waals surface area contributed by atoms with Crippen LogP contribution in [-0.4, -0.2) is 21.9 Å². The van der Waals surface area contributed by atoms with Gasteiger partial charge in [-0.25, -0.2) is 4.79 Å². The molecule has 5 nitrogen and oxygen atoms in total. The van der Waals surface area contributed by atoms with Crippen molar-refractivity contribution in [3.8, 4) is 6.07 Å². The highest BCUT2D eigenvalue weighted by molar-refractivity contribution is 5.92. The van der Waals surface area contributed by atoms with Gasteiger partial charge in [0.1, 0.15) is 11.6 Å². The summed E-state index contributed by atoms with van der Waals surface area (Å²) in [7, 11) is 0. The molecule has 0 aliphatic carbocycles. The molecule has 2 aromatic rings. The molecule has 0 saturated carbocycles. The Balaban J connectivity index is 2.25. The van der Waals surface area contributed by atoms with E-state index in [1.807, 2.05) is 44.2 Å². The number of benzene rings is 1. The molecule has 2 rings (SSSR count). The van der Waals surface area contributed by atoms with E-state index in [9.17, 15) is 4.79 Å². The van der Waals surface area contributed by atoms with Crippen molar-refractivity contribution in [1.82, 2.24) is 9.78 Å². The molecular weight excluding hydrogens is 278 g/mol. The maximum Gasteiger partial charge on any atom is 0.343 e. The van der Waals surface area contributed by atoms with Gasteiger partial charge in [0.15, 0.2) is 6.10 Å². The van der Waals surface area contributed by atoms with Crippen LogP contribution in [-0.2, 0) is 11.3 Å². The van der Waals surface area contributed by atoms with Crippen molar-refractivity contribution in [3.63, 3.8) is 0 Å². The number of hydrogen-bond acceptors (Lipinski definition) is 4. The second kappa shape index (κ2) is 6.44. The molecule has 1 heterocycles. The quantitative estimate of drug-likeness (QED) is 0.814. The van der Waals surface area contributed by atoms with E-state index >= 15 is 0 Å². The molecule has 0 unspecified atom stereocenters. The number of carbonyl (C=O) groups excluding carboxylic acids is 1. The Morgan fingerprint density at radius 3 is 2.55 bits per heavy atom. The second-order valence-electron chi connectivity index (χ2n) is 5.37. The Bertz CT molecular complexity index is 724. The van der Waals surface area contributed by atoms with E-state index in [2.05, 4.69) is 5.10 Å². The number of rotatable bonds is 4. The van der Waals surface area contributed by atoms with Gasteiger partial charge in [-0.2, -0.15) is 10.4 Å². The van der Waals surface area contributed by atoms with Gasteiger partial charge in [-0.1, -0.05) is 29.8 Å². The molecule has 0 aliphatic heterocycles. The minimum Gasteiger partial charge on any atom is -0.444 e. The standard InChI is InChI=1S/C17H19N3O2/c1-11-5-7-15(8-6-11)10-20-14(4)16(13(3)19-20)17(21)22-12(2)9-18/h5-8,12H,10H2,1-4H3/t12-/m0/s1. The van der Waals surface area contributed by atoms with E-state index in [4.69, 9.17) is 10.00 Å². The number of esters is 1. The van der Waals surface area contributed by atoms with Crippen molar-refractivity contribution < 1.29 is 9.53 Å². The van der Waals surface area contributed by atoms with Gasteiger partial charge in [-0.15, -0.1) is 0 Å². The topological polar surface area (TPSA) is 67.9 Å². The first-order chi connectivity index (χ1) is 10.4. The fraction of sp³-hybridized carbons (Fsp3) is 0.353. The second-order valence-corrected chi connectivity index (χ2v) is 5.37. The number of ether oxygens (including phenoxy) is 1. The third-order valence-electron chi connectivity index (χ3n) is 3.50. The van der Waals surface area contributed by atoms with Gasteiger partial charge in [0.25, 0.3) is 0 Å². The highest BCUT2D eigenvalue weighted by atomic mass is 16.5. The molecule has 0 amide bonds. The molecule has 114 valence electrons. The van der Waals surface area contributed by atoms with Gasteiger partial charge < -0.3 is 4.74 Å². The Morgan fingerprint density at radius 1 is 1.32 bits per heavy atom. The van der Waals surface area contributed by atoms with Crippen LogP contribution >= 0.6 is 0 Å². The first kappa shape index (κ1) is 15.8. The summed E-state index contributed by atoms with van der Waals surface area (Å²) in [6, 6.07) is 10.1. The Labute approximate surface area is 130 Å². The summed E-state index contributed by atoms with van der Waals surface area (Å²) in [6.07, 6.45) is -0.772. The van der Waals surface area contributed by atoms with Gasteiger partial charge in [0, 0.05) is 0 Å². The van der Waals surface area contributed by atoms with Gasteiger partial charge in [0.2, 0.25) is 0 Å². The van der Waals surface area contributed by atoms with E-state index in [1.54, 1.807) is 18.5 Å². The summed E-state index contributed by atoms with van der Waals surface area (Å²) in [4.78, 5) is 12.1. The Kier molecular flexibility index (Phi) is 4.62. The van der Waals surface area contributed by atoms with Crippen molar-refractivity contribution in [3.05, 3.63) is 52.3 Å². The lowest BCUT2D eigenvalue weighted by atomic mass is 10.1. The van der Waals surface area contributed by atoms with Crippen molar-refractivity contribution in [2.45, 2.75) is 40.3 Å². The Hall–Kier alpha value is -2.61. The molecular formula is C17H19N3O2. The molecule has 0 fully saturated rings. The molecule has 1 atom stereocenters. The minimum atomic E-state index is -0.772. The molecule has 0 radical (unpaired) electrons. The molecule has 0 N–H and O–H groups in total. The van der Waals surface area contributed by atoms with Crippen molar-refractivity contribution in [2.24, 2.45) is 0 Å². The summed E-state index contributed by atoms with van der Waals surface area (Å²) in [5.74, 6) is -0.501. The van der Waals surface area contributed by atoms with Crippen LogP contribution in [0.4, 0.5) is 0 Å². The lowest BCUT2D eigenvalue weighted by Crippen LogP contribution is -2.15. The largest absolute Gasteiger partial charge is 0.444 e. The van der Waals surface area contributed by atoms with E-state index in [-0.39, 0.29) is 0 Å². The minimum absolute atomic E-state index is 0.439. The first-order valence-electron chi connectivity index (χ1n) is 7.12. The number of nitriles is 1. The third kappa shape index (κ3) is 3.34. The lowest BCUT2D eigenvalue weighted by Gasteiger charge is -2.07. The highest BCUT2D eigenvalue weighted by Gasteiger charge is 2.21. The van der Waals surface area contributed by atoms with Crippen molar-refractivity contribution in [2.75, 3.05) is 0 Å². The molecule has 0 spiro atoms. The summed E-state index contributed by atoms with van der Waals surface area (Å²) < 4.78 is 6.86. The average molecular weight is 297 g/mol. The van der Waals surface area contributed by atoms with Gasteiger partial charge in [-0.3, -0.25) is 4.68 Å². The van der Waals surface area contributed by atoms with Crippen molar-refractivity contribution in [1.29, 1.82) is 5.26 Å². The zero-order valence-electron chi connectivity index (χ0n) is 13.3. The number of hydrogen-bond donors (Lipinski definition) is 0. The fourth-order valence-corrected chi connectivity index (χ4v) is 2.26. The van der Waals surface area contributed by atoms with Crippen LogP contribution in [0, 0.1) is 32.1 Å². The molecule has 1 aromatic carbocycles. The zero-order chi connectivity index (χ0) is 16.3. The van der Waals surface area contributed by atoms with Gasteiger partial charge in [0.05, 0.1) is 17.9 Å². The van der Waals surface area contributed by atoms with Gasteiger partial charge in [-0.05, 0) is 33.3 Å². The van der Waals surface area contributed by atoms with Crippen LogP contribution in [0.3, 0.4) is 0 Å². The highest BCUT2D eigenvalue weighted by Crippen LogP contribution is 2.17. The van der Waals surface area contributed by atoms with Crippen LogP contribution < -0.4 is 0 Å². The Morgan fingerprint density at radius 2 is 1.95 bits per heavy atom. The fourth-order valence-electron chi connectivity index (χ4n) is 2.26. The van der Waals surface area contributed by atoms with Crippen LogP contribution in [0.1, 0.15) is 39.8 Å². The summed E-state index contributed by atoms with van der Waals surface area (Å²) in [5, 5.41) is 13.2. The predicted octanol–water partition coefficient (Wildman–Crippen LogP) is 2.93. The number of nitrogens with zero attached hydrogens (tertiary/aromatic N) is 3. The number of aryl methyl sites for hydroxylation is 2. The van der Waals surface area contributed by atoms with E-state index < -0.39 is 12.1 Å². The van der Waals surface area contributed by atoms with Crippen LogP contribution in [0.15, 0.2) is 24.3 Å². The number of carbonyl (C=O) groups is 1. The number of aromatic nitrogens is 2. The van der Waals surface area contributed by atoms with E-state index in [0.717, 1.165) is 11.3 Å². The summed E-state index contributed by atoms with van der Waals surface area (Å²) >= 11 is 0. The lowest BCUT2D eigenvalue weighted by molar-refractivity contribution is 0.0433. The SMILES string of the molecule is Cc1ccc(Cn2nc(C)c(C(=O)O[C@@H](C)C#N)c2C)cc1. The molecule has 1 aromatic heterocycles. The van der Waals surface area contributed by atoms with Crippen LogP contribution in [0.5, 0.6) is 0 Å². The normalized spacial score (nSPS) is 11.8.